The van der Waals surface area contributed by atoms with Gasteiger partial charge in [-0.15, -0.1) is 11.8 Å². The number of para-hydroxylation sites is 1. The lowest BCUT2D eigenvalue weighted by atomic mass is 10.00. The van der Waals surface area contributed by atoms with Gasteiger partial charge in [-0.2, -0.15) is 5.10 Å². The molecule has 0 saturated heterocycles. The van der Waals surface area contributed by atoms with Crippen molar-refractivity contribution in [1.82, 2.24) is 9.78 Å². The number of hydrogen-bond donors (Lipinski definition) is 1. The zero-order chi connectivity index (χ0) is 24.0. The Labute approximate surface area is 210 Å². The molecule has 0 spiro atoms. The lowest BCUT2D eigenvalue weighted by Gasteiger charge is -2.17. The summed E-state index contributed by atoms with van der Waals surface area (Å²) in [6, 6.07) is 28.4. The lowest BCUT2D eigenvalue weighted by Crippen LogP contribution is -2.15. The number of ether oxygens (including phenoxy) is 1. The third-order valence-electron chi connectivity index (χ3n) is 6.07. The second-order valence-electron chi connectivity index (χ2n) is 8.59. The summed E-state index contributed by atoms with van der Waals surface area (Å²) in [7, 11) is 0. The second-order valence-corrected chi connectivity index (χ2v) is 9.68. The van der Waals surface area contributed by atoms with Gasteiger partial charge in [0.05, 0.1) is 29.0 Å². The monoisotopic (exact) mass is 483 g/mol. The number of nitrogens with one attached hydrogen (secondary N) is 1. The SMILES string of the molecule is CCCCCOc1ccc([C@@H]2SCC(=O)Nc3c2c(-c2ccccc2)nn3-c2ccccc2)cc1. The van der Waals surface area contributed by atoms with Crippen molar-refractivity contribution in [3.8, 4) is 22.7 Å². The average Bonchev–Trinajstić information content (AvgIpc) is 3.18. The molecule has 0 radical (unpaired) electrons. The Bertz CT molecular complexity index is 1270. The molecule has 6 heteroatoms. The molecule has 0 aliphatic carbocycles. The molecule has 0 unspecified atom stereocenters. The standard InChI is InChI=1S/C29H29N3O2S/c1-2-3-10-19-34-24-17-15-22(16-18-24)28-26-27(21-11-6-4-7-12-21)31-32(23-13-8-5-9-14-23)29(26)30-25(33)20-35-28/h4-9,11-18,28H,2-3,10,19-20H2,1H3,(H,30,33)/t28-/m0/s1. The summed E-state index contributed by atoms with van der Waals surface area (Å²) in [4.78, 5) is 12.8. The Balaban J connectivity index is 1.58. The molecule has 3 aromatic carbocycles. The molecule has 4 aromatic rings. The number of carbonyl (C=O) groups excluding carboxylic acids is 1. The maximum Gasteiger partial charge on any atom is 0.235 e. The number of fused-ring (bicyclic) bond motifs is 1. The Morgan fingerprint density at radius 3 is 2.40 bits per heavy atom. The molecule has 1 atom stereocenters. The van der Waals surface area contributed by atoms with Crippen LogP contribution in [0.2, 0.25) is 0 Å². The summed E-state index contributed by atoms with van der Waals surface area (Å²) < 4.78 is 7.79. The molecule has 1 aliphatic rings. The highest BCUT2D eigenvalue weighted by Gasteiger charge is 2.32. The zero-order valence-corrected chi connectivity index (χ0v) is 20.6. The first kappa shape index (κ1) is 23.2. The number of anilines is 1. The van der Waals surface area contributed by atoms with Gasteiger partial charge in [-0.05, 0) is 36.2 Å². The van der Waals surface area contributed by atoms with Crippen LogP contribution in [0.5, 0.6) is 5.75 Å². The lowest BCUT2D eigenvalue weighted by molar-refractivity contribution is -0.113. The van der Waals surface area contributed by atoms with Crippen molar-refractivity contribution in [2.45, 2.75) is 31.4 Å². The Morgan fingerprint density at radius 1 is 0.971 bits per heavy atom. The topological polar surface area (TPSA) is 56.1 Å². The first-order valence-corrected chi connectivity index (χ1v) is 13.2. The minimum Gasteiger partial charge on any atom is -0.494 e. The quantitative estimate of drug-likeness (QED) is 0.278. The van der Waals surface area contributed by atoms with E-state index in [0.29, 0.717) is 5.75 Å². The van der Waals surface area contributed by atoms with E-state index in [9.17, 15) is 4.79 Å². The number of rotatable bonds is 8. The molecule has 0 fully saturated rings. The summed E-state index contributed by atoms with van der Waals surface area (Å²) in [6.45, 7) is 2.92. The van der Waals surface area contributed by atoms with E-state index < -0.39 is 0 Å². The molecule has 5 nitrogen and oxygen atoms in total. The molecule has 1 aromatic heterocycles. The number of carbonyl (C=O) groups is 1. The van der Waals surface area contributed by atoms with Crippen molar-refractivity contribution >= 4 is 23.5 Å². The number of nitrogens with zero attached hydrogens (tertiary/aromatic N) is 2. The molecule has 178 valence electrons. The first-order chi connectivity index (χ1) is 17.2. The maximum absolute atomic E-state index is 12.8. The highest BCUT2D eigenvalue weighted by molar-refractivity contribution is 8.00. The van der Waals surface area contributed by atoms with Crippen LogP contribution in [0.15, 0.2) is 84.9 Å². The number of aromatic nitrogens is 2. The molecule has 2 heterocycles. The maximum atomic E-state index is 12.8. The van der Waals surface area contributed by atoms with Crippen molar-refractivity contribution in [2.24, 2.45) is 0 Å². The van der Waals surface area contributed by atoms with Gasteiger partial charge in [0.15, 0.2) is 0 Å². The number of hydrogen-bond acceptors (Lipinski definition) is 4. The molecule has 1 N–H and O–H groups in total. The third kappa shape index (κ3) is 5.13. The third-order valence-corrected chi connectivity index (χ3v) is 7.34. The van der Waals surface area contributed by atoms with Gasteiger partial charge in [-0.25, -0.2) is 4.68 Å². The number of unbranched alkanes of at least 4 members (excludes halogenated alkanes) is 2. The summed E-state index contributed by atoms with van der Waals surface area (Å²) >= 11 is 1.63. The predicted molar refractivity (Wildman–Crippen MR) is 143 cm³/mol. The average molecular weight is 484 g/mol. The van der Waals surface area contributed by atoms with Crippen molar-refractivity contribution in [3.63, 3.8) is 0 Å². The van der Waals surface area contributed by atoms with Crippen LogP contribution in [0, 0.1) is 0 Å². The van der Waals surface area contributed by atoms with Gasteiger partial charge in [0.2, 0.25) is 5.91 Å². The van der Waals surface area contributed by atoms with Crippen LogP contribution in [0.1, 0.15) is 42.6 Å². The van der Waals surface area contributed by atoms with Gasteiger partial charge in [-0.3, -0.25) is 4.79 Å². The number of benzene rings is 3. The molecule has 35 heavy (non-hydrogen) atoms. The van der Waals surface area contributed by atoms with Crippen LogP contribution in [-0.4, -0.2) is 28.0 Å². The van der Waals surface area contributed by atoms with E-state index in [1.165, 1.54) is 12.8 Å². The Hall–Kier alpha value is -3.51. The summed E-state index contributed by atoms with van der Waals surface area (Å²) in [5.41, 5.74) is 4.96. The Kier molecular flexibility index (Phi) is 7.19. The highest BCUT2D eigenvalue weighted by atomic mass is 32.2. The Morgan fingerprint density at radius 2 is 1.69 bits per heavy atom. The minimum atomic E-state index is -0.0502. The van der Waals surface area contributed by atoms with Crippen molar-refractivity contribution in [2.75, 3.05) is 17.7 Å². The fraction of sp³-hybridized carbons (Fsp3) is 0.241. The van der Waals surface area contributed by atoms with Gasteiger partial charge in [0.25, 0.3) is 0 Å². The van der Waals surface area contributed by atoms with E-state index in [4.69, 9.17) is 9.84 Å². The normalized spacial score (nSPS) is 15.2. The molecular weight excluding hydrogens is 454 g/mol. The van der Waals surface area contributed by atoms with Crippen molar-refractivity contribution in [1.29, 1.82) is 0 Å². The van der Waals surface area contributed by atoms with Crippen LogP contribution in [-0.2, 0) is 4.79 Å². The van der Waals surface area contributed by atoms with E-state index in [2.05, 4.69) is 36.5 Å². The molecule has 5 rings (SSSR count). The number of thioether (sulfide) groups is 1. The fourth-order valence-corrected chi connectivity index (χ4v) is 5.45. The highest BCUT2D eigenvalue weighted by Crippen LogP contribution is 2.47. The van der Waals surface area contributed by atoms with E-state index in [0.717, 1.165) is 52.7 Å². The molecular formula is C29H29N3O2S. The molecule has 1 amide bonds. The van der Waals surface area contributed by atoms with Crippen LogP contribution in [0.25, 0.3) is 16.9 Å². The van der Waals surface area contributed by atoms with Crippen LogP contribution >= 0.6 is 11.8 Å². The van der Waals surface area contributed by atoms with Gasteiger partial charge in [0, 0.05) is 11.1 Å². The van der Waals surface area contributed by atoms with E-state index >= 15 is 0 Å². The minimum absolute atomic E-state index is 0.0219. The molecule has 0 saturated carbocycles. The molecule has 1 aliphatic heterocycles. The van der Waals surface area contributed by atoms with E-state index in [1.54, 1.807) is 11.8 Å². The largest absolute Gasteiger partial charge is 0.494 e. The van der Waals surface area contributed by atoms with Gasteiger partial charge in [0.1, 0.15) is 11.6 Å². The summed E-state index contributed by atoms with van der Waals surface area (Å²) in [6.07, 6.45) is 3.41. The summed E-state index contributed by atoms with van der Waals surface area (Å²) in [5.74, 6) is 1.96. The van der Waals surface area contributed by atoms with Gasteiger partial charge < -0.3 is 10.1 Å². The number of amides is 1. The molecule has 0 bridgehead atoms. The second kappa shape index (κ2) is 10.8. The van der Waals surface area contributed by atoms with Crippen LogP contribution < -0.4 is 10.1 Å². The van der Waals surface area contributed by atoms with Crippen LogP contribution in [0.3, 0.4) is 0 Å². The van der Waals surface area contributed by atoms with E-state index in [1.807, 2.05) is 65.3 Å². The fourth-order valence-electron chi connectivity index (χ4n) is 4.32. The van der Waals surface area contributed by atoms with Gasteiger partial charge in [-0.1, -0.05) is 80.4 Å². The summed E-state index contributed by atoms with van der Waals surface area (Å²) in [5, 5.41) is 8.12. The van der Waals surface area contributed by atoms with Gasteiger partial charge >= 0.3 is 0 Å². The predicted octanol–water partition coefficient (Wildman–Crippen LogP) is 6.88. The van der Waals surface area contributed by atoms with Crippen molar-refractivity contribution in [3.05, 3.63) is 96.1 Å². The smallest absolute Gasteiger partial charge is 0.235 e. The first-order valence-electron chi connectivity index (χ1n) is 12.1. The zero-order valence-electron chi connectivity index (χ0n) is 19.8. The van der Waals surface area contributed by atoms with E-state index in [-0.39, 0.29) is 11.2 Å². The van der Waals surface area contributed by atoms with Crippen molar-refractivity contribution < 1.29 is 9.53 Å². The van der Waals surface area contributed by atoms with Crippen LogP contribution in [0.4, 0.5) is 5.82 Å².